The van der Waals surface area contributed by atoms with Crippen molar-refractivity contribution >= 4 is 40.1 Å². The average molecular weight is 469 g/mol. The second-order valence-electron chi connectivity index (χ2n) is 6.96. The smallest absolute Gasteiger partial charge is 0.345 e. The normalized spacial score (nSPS) is 16.0. The summed E-state index contributed by atoms with van der Waals surface area (Å²) in [5, 5.41) is 14.4. The minimum Gasteiger partial charge on any atom is -0.466 e. The monoisotopic (exact) mass is 468 g/mol. The summed E-state index contributed by atoms with van der Waals surface area (Å²) in [4.78, 5) is 41.3. The van der Waals surface area contributed by atoms with Crippen molar-refractivity contribution in [3.05, 3.63) is 44.1 Å². The number of benzene rings is 1. The molecule has 2 rings (SSSR count). The molecule has 0 bridgehead atoms. The molecule has 1 heterocycles. The summed E-state index contributed by atoms with van der Waals surface area (Å²) < 4.78 is 24.9. The average Bonchev–Trinajstić information content (AvgIpc) is 2.77. The van der Waals surface area contributed by atoms with Gasteiger partial charge in [0.05, 0.1) is 30.3 Å². The Bertz CT molecular complexity index is 979. The Morgan fingerprint density at radius 1 is 1.28 bits per heavy atom. The Kier molecular flexibility index (Phi) is 8.72. The third kappa shape index (κ3) is 5.25. The maximum absolute atomic E-state index is 15.3. The molecule has 0 fully saturated rings. The zero-order chi connectivity index (χ0) is 24.0. The first kappa shape index (κ1) is 25.3. The van der Waals surface area contributed by atoms with E-state index in [0.717, 1.165) is 33.1 Å². The van der Waals surface area contributed by atoms with Crippen LogP contribution in [0.5, 0.6) is 0 Å². The summed E-state index contributed by atoms with van der Waals surface area (Å²) in [5.41, 5.74) is -0.661. The molecule has 1 aliphatic rings. The molecule has 1 unspecified atom stereocenters. The Labute approximate surface area is 189 Å². The van der Waals surface area contributed by atoms with Crippen LogP contribution in [0.4, 0.5) is 15.8 Å². The van der Waals surface area contributed by atoms with E-state index >= 15 is 4.39 Å². The first-order valence-electron chi connectivity index (χ1n) is 9.71. The van der Waals surface area contributed by atoms with Gasteiger partial charge in [-0.25, -0.2) is 9.59 Å². The fraction of sp³-hybridized carbons (Fsp3) is 0.450. The van der Waals surface area contributed by atoms with Crippen LogP contribution in [0.1, 0.15) is 25.3 Å². The van der Waals surface area contributed by atoms with E-state index in [9.17, 15) is 19.7 Å². The lowest BCUT2D eigenvalue weighted by Crippen LogP contribution is -2.37. The number of carbonyl (C=O) groups excluding carboxylic acids is 2. The number of nitrogens with zero attached hydrogens (tertiary/aromatic N) is 3. The van der Waals surface area contributed by atoms with E-state index in [4.69, 9.17) is 9.47 Å². The molecule has 1 aromatic carbocycles. The van der Waals surface area contributed by atoms with Gasteiger partial charge in [-0.1, -0.05) is 25.1 Å². The fourth-order valence-electron chi connectivity index (χ4n) is 2.97. The molecule has 1 N–H and O–H groups in total. The molecule has 0 aliphatic carbocycles. The van der Waals surface area contributed by atoms with Crippen molar-refractivity contribution in [3.63, 3.8) is 0 Å². The lowest BCUT2D eigenvalue weighted by Gasteiger charge is -2.29. The van der Waals surface area contributed by atoms with Gasteiger partial charge < -0.3 is 14.8 Å². The predicted octanol–water partition coefficient (Wildman–Crippen LogP) is 2.93. The topological polar surface area (TPSA) is 123 Å². The number of ether oxygens (including phenoxy) is 2. The molecular weight excluding hydrogens is 443 g/mol. The number of halogens is 1. The van der Waals surface area contributed by atoms with Crippen molar-refractivity contribution in [3.8, 4) is 0 Å². The summed E-state index contributed by atoms with van der Waals surface area (Å²) in [6.07, 6.45) is 0.668. The van der Waals surface area contributed by atoms with Crippen molar-refractivity contribution in [2.24, 2.45) is 4.99 Å². The zero-order valence-corrected chi connectivity index (χ0v) is 19.2. The number of esters is 2. The van der Waals surface area contributed by atoms with Gasteiger partial charge in [-0.15, -0.1) is 0 Å². The van der Waals surface area contributed by atoms with Crippen molar-refractivity contribution in [1.82, 2.24) is 4.90 Å². The maximum atomic E-state index is 15.3. The molecule has 1 aromatic rings. The molecule has 0 saturated heterocycles. The molecule has 10 nitrogen and oxygen atoms in total. The van der Waals surface area contributed by atoms with E-state index in [1.165, 1.54) is 11.0 Å². The molecule has 1 atom stereocenters. The fourth-order valence-corrected chi connectivity index (χ4v) is 4.09. The van der Waals surface area contributed by atoms with Crippen LogP contribution in [0.15, 0.2) is 27.6 Å². The van der Waals surface area contributed by atoms with E-state index in [1.807, 2.05) is 6.92 Å². The number of hydrogen-bond donors (Lipinski definition) is 1. The zero-order valence-electron chi connectivity index (χ0n) is 18.4. The number of carbonyl (C=O) groups is 2. The number of rotatable bonds is 9. The molecule has 0 saturated carbocycles. The number of hydrogen-bond acceptors (Lipinski definition) is 10. The second kappa shape index (κ2) is 11.0. The van der Waals surface area contributed by atoms with Crippen LogP contribution in [-0.2, 0) is 19.1 Å². The number of unbranched alkanes of at least 4 members (excludes halogenated alkanes) is 1. The number of nitro groups is 1. The van der Waals surface area contributed by atoms with Gasteiger partial charge in [-0.2, -0.15) is 4.39 Å². The van der Waals surface area contributed by atoms with Gasteiger partial charge in [0.25, 0.3) is 0 Å². The molecular formula is C20H25FN4O6S. The Balaban J connectivity index is 2.73. The number of anilines is 1. The quantitative estimate of drug-likeness (QED) is 0.252. The van der Waals surface area contributed by atoms with E-state index in [1.54, 1.807) is 14.1 Å². The minimum atomic E-state index is -1.09. The predicted molar refractivity (Wildman–Crippen MR) is 119 cm³/mol. The van der Waals surface area contributed by atoms with Crippen molar-refractivity contribution in [2.75, 3.05) is 40.2 Å². The number of methoxy groups -OCH3 is 2. The first-order valence-corrected chi connectivity index (χ1v) is 10.5. The van der Waals surface area contributed by atoms with E-state index < -0.39 is 34.5 Å². The standard InChI is InChI=1S/C20H25FN4O6S/c1-6-7-10-22-11-8-9-12(25(28)29)15(21)13(11)18-23-17(24(2)3)14(19(26)30-4)16(32-18)20(27)31-5/h8-9,17,22H,6-7,10H2,1-5H3. The highest BCUT2D eigenvalue weighted by Crippen LogP contribution is 2.39. The van der Waals surface area contributed by atoms with E-state index in [-0.39, 0.29) is 26.8 Å². The van der Waals surface area contributed by atoms with Crippen LogP contribution in [0.2, 0.25) is 0 Å². The van der Waals surface area contributed by atoms with Crippen LogP contribution >= 0.6 is 11.8 Å². The number of thioether (sulfide) groups is 1. The third-order valence-corrected chi connectivity index (χ3v) is 5.68. The molecule has 0 aromatic heterocycles. The van der Waals surface area contributed by atoms with Crippen LogP contribution in [0.25, 0.3) is 0 Å². The highest BCUT2D eigenvalue weighted by molar-refractivity contribution is 8.18. The van der Waals surface area contributed by atoms with Crippen LogP contribution in [0, 0.1) is 15.9 Å². The minimum absolute atomic E-state index is 0.00282. The number of likely N-dealkylation sites (N-methyl/N-ethyl adjacent to an activating group) is 1. The van der Waals surface area contributed by atoms with Crippen molar-refractivity contribution in [1.29, 1.82) is 0 Å². The van der Waals surface area contributed by atoms with Gasteiger partial charge in [0.1, 0.15) is 16.1 Å². The van der Waals surface area contributed by atoms with Crippen molar-refractivity contribution in [2.45, 2.75) is 25.9 Å². The van der Waals surface area contributed by atoms with Crippen LogP contribution in [0.3, 0.4) is 0 Å². The number of aliphatic imine (C=N–C) groups is 1. The van der Waals surface area contributed by atoms with Gasteiger partial charge in [-0.3, -0.25) is 20.0 Å². The molecule has 12 heteroatoms. The third-order valence-electron chi connectivity index (χ3n) is 4.58. The Morgan fingerprint density at radius 3 is 2.47 bits per heavy atom. The molecule has 174 valence electrons. The van der Waals surface area contributed by atoms with Gasteiger partial charge in [0.15, 0.2) is 0 Å². The largest absolute Gasteiger partial charge is 0.466 e. The Morgan fingerprint density at radius 2 is 1.94 bits per heavy atom. The lowest BCUT2D eigenvalue weighted by atomic mass is 10.1. The molecule has 1 aliphatic heterocycles. The van der Waals surface area contributed by atoms with Gasteiger partial charge in [0.2, 0.25) is 5.82 Å². The summed E-state index contributed by atoms with van der Waals surface area (Å²) in [7, 11) is 5.54. The van der Waals surface area contributed by atoms with Gasteiger partial charge in [0, 0.05) is 18.3 Å². The lowest BCUT2D eigenvalue weighted by molar-refractivity contribution is -0.387. The van der Waals surface area contributed by atoms with Gasteiger partial charge >= 0.3 is 17.6 Å². The molecule has 0 spiro atoms. The van der Waals surface area contributed by atoms with Gasteiger partial charge in [-0.05, 0) is 26.6 Å². The van der Waals surface area contributed by atoms with Crippen LogP contribution < -0.4 is 5.32 Å². The molecule has 0 amide bonds. The number of nitro benzene ring substituents is 1. The summed E-state index contributed by atoms with van der Waals surface area (Å²) in [6, 6.07) is 2.47. The summed E-state index contributed by atoms with van der Waals surface area (Å²) in [5.74, 6) is -2.72. The summed E-state index contributed by atoms with van der Waals surface area (Å²) >= 11 is 0.703. The molecule has 32 heavy (non-hydrogen) atoms. The maximum Gasteiger partial charge on any atom is 0.345 e. The SMILES string of the molecule is CCCCNc1ccc([N+](=O)[O-])c(F)c1C1=NC(N(C)C)C(C(=O)OC)=C(C(=O)OC)S1. The molecule has 0 radical (unpaired) electrons. The van der Waals surface area contributed by atoms with E-state index in [0.29, 0.717) is 18.3 Å². The van der Waals surface area contributed by atoms with E-state index in [2.05, 4.69) is 10.3 Å². The highest BCUT2D eigenvalue weighted by Gasteiger charge is 2.38. The highest BCUT2D eigenvalue weighted by atomic mass is 32.2. The number of nitrogens with one attached hydrogen (secondary N) is 1. The second-order valence-corrected chi connectivity index (χ2v) is 7.96. The van der Waals surface area contributed by atoms with Crippen molar-refractivity contribution < 1.29 is 28.4 Å². The summed E-state index contributed by atoms with van der Waals surface area (Å²) in [6.45, 7) is 2.49. The first-order chi connectivity index (χ1) is 15.2. The Hall–Kier alpha value is -2.99. The van der Waals surface area contributed by atoms with Crippen LogP contribution in [-0.4, -0.2) is 67.8 Å².